The van der Waals surface area contributed by atoms with Crippen LogP contribution in [0.1, 0.15) is 120 Å². The van der Waals surface area contributed by atoms with Crippen LogP contribution in [0.15, 0.2) is 102 Å². The Morgan fingerprint density at radius 1 is 1.02 bits per heavy atom. The van der Waals surface area contributed by atoms with Gasteiger partial charge < -0.3 is 9.67 Å². The number of fused-ring (bicyclic) bond motifs is 2. The second-order valence-corrected chi connectivity index (χ2v) is 15.0. The van der Waals surface area contributed by atoms with Gasteiger partial charge in [-0.3, -0.25) is 0 Å². The fraction of sp³-hybridized carbons (Fsp3) is 0.435. The van der Waals surface area contributed by atoms with E-state index < -0.39 is 0 Å². The number of rotatable bonds is 14. The molecule has 250 valence electrons. The lowest BCUT2D eigenvalue weighted by molar-refractivity contribution is 0.355. The third kappa shape index (κ3) is 7.00. The molecule has 2 nitrogen and oxygen atoms in total. The first-order chi connectivity index (χ1) is 23.5. The average molecular weight is 638 g/mol. The fourth-order valence-corrected chi connectivity index (χ4v) is 8.55. The van der Waals surface area contributed by atoms with Gasteiger partial charge in [-0.25, -0.2) is 0 Å². The molecule has 0 amide bonds. The molecule has 2 fully saturated rings. The SMILES string of the molecule is CC/C=C(\C1=CCCC=C1)c1ccc2c(CCC)c(C3CC3CCCC(C)Cc3cccc4c3ccn4CC(O)=C3CCC3)ccc2c1. The summed E-state index contributed by atoms with van der Waals surface area (Å²) in [6, 6.07) is 21.1. The summed E-state index contributed by atoms with van der Waals surface area (Å²) in [5.74, 6) is 2.82. The Hall–Kier alpha value is -3.78. The van der Waals surface area contributed by atoms with Crippen LogP contribution in [-0.4, -0.2) is 9.67 Å². The Balaban J connectivity index is 0.980. The van der Waals surface area contributed by atoms with Gasteiger partial charge in [0.25, 0.3) is 0 Å². The number of aromatic nitrogens is 1. The van der Waals surface area contributed by atoms with Crippen LogP contribution < -0.4 is 0 Å². The van der Waals surface area contributed by atoms with Crippen LogP contribution in [0.2, 0.25) is 0 Å². The van der Waals surface area contributed by atoms with Crippen LogP contribution in [0.4, 0.5) is 0 Å². The molecular weight excluding hydrogens is 583 g/mol. The van der Waals surface area contributed by atoms with Crippen LogP contribution in [0, 0.1) is 11.8 Å². The lowest BCUT2D eigenvalue weighted by atomic mass is 9.88. The molecule has 0 radical (unpaired) electrons. The van der Waals surface area contributed by atoms with Crippen molar-refractivity contribution in [3.63, 3.8) is 0 Å². The molecule has 0 spiro atoms. The van der Waals surface area contributed by atoms with E-state index in [-0.39, 0.29) is 0 Å². The summed E-state index contributed by atoms with van der Waals surface area (Å²) < 4.78 is 2.23. The number of benzene rings is 3. The zero-order valence-electron chi connectivity index (χ0n) is 29.6. The highest BCUT2D eigenvalue weighted by Gasteiger charge is 2.39. The Morgan fingerprint density at radius 2 is 1.92 bits per heavy atom. The predicted molar refractivity (Wildman–Crippen MR) is 206 cm³/mol. The molecule has 3 unspecified atom stereocenters. The number of aryl methyl sites for hydroxylation is 1. The van der Waals surface area contributed by atoms with E-state index >= 15 is 0 Å². The highest BCUT2D eigenvalue weighted by Crippen LogP contribution is 2.52. The number of allylic oxidation sites excluding steroid dienone is 8. The molecule has 3 aliphatic rings. The third-order valence-corrected chi connectivity index (χ3v) is 11.4. The quantitative estimate of drug-likeness (QED) is 0.137. The third-order valence-electron chi connectivity index (χ3n) is 11.4. The molecule has 0 aliphatic heterocycles. The zero-order chi connectivity index (χ0) is 33.0. The van der Waals surface area contributed by atoms with Crippen LogP contribution in [0.3, 0.4) is 0 Å². The van der Waals surface area contributed by atoms with E-state index in [1.165, 1.54) is 94.5 Å². The molecule has 1 aromatic heterocycles. The topological polar surface area (TPSA) is 25.2 Å². The predicted octanol–water partition coefficient (Wildman–Crippen LogP) is 13.0. The van der Waals surface area contributed by atoms with Crippen molar-refractivity contribution in [2.75, 3.05) is 0 Å². The minimum atomic E-state index is 0.578. The first-order valence-electron chi connectivity index (χ1n) is 19.1. The van der Waals surface area contributed by atoms with Crippen LogP contribution in [0.25, 0.3) is 27.2 Å². The standard InChI is InChI=1S/C46H55NO/c1-4-12-39(33-15-7-6-8-16-33)37-22-24-40-38(29-37)23-25-43(42(40)13-5-2)44-30-36(44)19-9-14-32(3)28-35-20-11-21-45-41(35)26-27-47(45)31-46(48)34-17-10-18-34/h7,11-12,15-16,20-27,29,32,36,44,48H,4-6,8-10,13-14,17-19,28,30-31H2,1-3H3/b39-12+. The van der Waals surface area contributed by atoms with E-state index in [4.69, 9.17) is 0 Å². The first kappa shape index (κ1) is 32.8. The van der Waals surface area contributed by atoms with Gasteiger partial charge in [0.05, 0.1) is 6.54 Å². The van der Waals surface area contributed by atoms with Gasteiger partial charge in [0.1, 0.15) is 5.76 Å². The van der Waals surface area contributed by atoms with Crippen molar-refractivity contribution in [1.82, 2.24) is 4.57 Å². The fourth-order valence-electron chi connectivity index (χ4n) is 8.55. The smallest absolute Gasteiger partial charge is 0.111 e. The van der Waals surface area contributed by atoms with Crippen LogP contribution in [0.5, 0.6) is 0 Å². The molecule has 4 aromatic rings. The number of aliphatic hydroxyl groups is 1. The van der Waals surface area contributed by atoms with E-state index in [0.717, 1.165) is 50.4 Å². The molecule has 2 saturated carbocycles. The number of nitrogens with zero attached hydrogens (tertiary/aromatic N) is 1. The highest BCUT2D eigenvalue weighted by molar-refractivity contribution is 5.93. The monoisotopic (exact) mass is 637 g/mol. The Kier molecular flexibility index (Phi) is 10.1. The average Bonchev–Trinajstić information content (AvgIpc) is 3.72. The molecule has 48 heavy (non-hydrogen) atoms. The van der Waals surface area contributed by atoms with Gasteiger partial charge in [-0.05, 0) is 150 Å². The maximum atomic E-state index is 10.6. The van der Waals surface area contributed by atoms with Gasteiger partial charge >= 0.3 is 0 Å². The van der Waals surface area contributed by atoms with E-state index in [2.05, 4.69) is 110 Å². The summed E-state index contributed by atoms with van der Waals surface area (Å²) in [6.45, 7) is 7.62. The largest absolute Gasteiger partial charge is 0.510 e. The van der Waals surface area contributed by atoms with E-state index in [1.807, 2.05) is 0 Å². The minimum Gasteiger partial charge on any atom is -0.510 e. The van der Waals surface area contributed by atoms with Crippen LogP contribution in [-0.2, 0) is 19.4 Å². The highest BCUT2D eigenvalue weighted by atomic mass is 16.3. The van der Waals surface area contributed by atoms with Crippen molar-refractivity contribution in [2.24, 2.45) is 11.8 Å². The maximum Gasteiger partial charge on any atom is 0.111 e. The summed E-state index contributed by atoms with van der Waals surface area (Å²) in [7, 11) is 0. The van der Waals surface area contributed by atoms with Crippen molar-refractivity contribution < 1.29 is 5.11 Å². The maximum absolute atomic E-state index is 10.6. The molecule has 3 aromatic carbocycles. The molecule has 3 aliphatic carbocycles. The van der Waals surface area contributed by atoms with Crippen molar-refractivity contribution in [3.05, 3.63) is 124 Å². The molecule has 3 atom stereocenters. The van der Waals surface area contributed by atoms with Gasteiger partial charge in [0.15, 0.2) is 0 Å². The van der Waals surface area contributed by atoms with Gasteiger partial charge in [-0.15, -0.1) is 0 Å². The second kappa shape index (κ2) is 14.8. The molecule has 1 N–H and O–H groups in total. The number of aliphatic hydroxyl groups excluding tert-OH is 1. The van der Waals surface area contributed by atoms with E-state index in [1.54, 1.807) is 11.1 Å². The Labute approximate surface area is 289 Å². The van der Waals surface area contributed by atoms with Crippen molar-refractivity contribution in [3.8, 4) is 0 Å². The molecule has 0 saturated heterocycles. The first-order valence-corrected chi connectivity index (χ1v) is 19.1. The lowest BCUT2D eigenvalue weighted by Crippen LogP contribution is -2.07. The number of hydrogen-bond donors (Lipinski definition) is 1. The molecule has 0 bridgehead atoms. The summed E-state index contributed by atoms with van der Waals surface area (Å²) >= 11 is 0. The van der Waals surface area contributed by atoms with E-state index in [0.29, 0.717) is 18.2 Å². The number of hydrogen-bond acceptors (Lipinski definition) is 1. The molecule has 2 heteroatoms. The normalized spacial score (nSPS) is 19.9. The van der Waals surface area contributed by atoms with Crippen molar-refractivity contribution >= 4 is 27.2 Å². The molecule has 7 rings (SSSR count). The second-order valence-electron chi connectivity index (χ2n) is 15.0. The zero-order valence-corrected chi connectivity index (χ0v) is 29.6. The van der Waals surface area contributed by atoms with Gasteiger partial charge in [-0.1, -0.05) is 101 Å². The summed E-state index contributed by atoms with van der Waals surface area (Å²) in [5.41, 5.74) is 11.3. The van der Waals surface area contributed by atoms with E-state index in [9.17, 15) is 5.11 Å². The molecule has 1 heterocycles. The summed E-state index contributed by atoms with van der Waals surface area (Å²) in [6.07, 6.45) is 27.1. The Bertz CT molecular complexity index is 1890. The minimum absolute atomic E-state index is 0.578. The van der Waals surface area contributed by atoms with Crippen LogP contribution >= 0.6 is 0 Å². The summed E-state index contributed by atoms with van der Waals surface area (Å²) in [5, 5.41) is 14.8. The summed E-state index contributed by atoms with van der Waals surface area (Å²) in [4.78, 5) is 0. The van der Waals surface area contributed by atoms with Gasteiger partial charge in [0.2, 0.25) is 0 Å². The van der Waals surface area contributed by atoms with Crippen molar-refractivity contribution in [1.29, 1.82) is 0 Å². The van der Waals surface area contributed by atoms with Crippen molar-refractivity contribution in [2.45, 2.75) is 117 Å². The van der Waals surface area contributed by atoms with Gasteiger partial charge in [0, 0.05) is 17.1 Å². The Morgan fingerprint density at radius 3 is 2.69 bits per heavy atom. The van der Waals surface area contributed by atoms with Gasteiger partial charge in [-0.2, -0.15) is 0 Å². The molecular formula is C46H55NO. The lowest BCUT2D eigenvalue weighted by Gasteiger charge is -2.19.